The lowest BCUT2D eigenvalue weighted by atomic mass is 9.86. The summed E-state index contributed by atoms with van der Waals surface area (Å²) in [6.07, 6.45) is -6.00. The summed E-state index contributed by atoms with van der Waals surface area (Å²) in [4.78, 5) is 29.9. The molecular formula is C23H20Cl2F3N2O4. The molecule has 11 heteroatoms. The van der Waals surface area contributed by atoms with Crippen molar-refractivity contribution >= 4 is 40.9 Å². The maximum Gasteiger partial charge on any atom is 0.435 e. The van der Waals surface area contributed by atoms with Gasteiger partial charge in [-0.05, 0) is 48.7 Å². The van der Waals surface area contributed by atoms with Gasteiger partial charge in [-0.2, -0.15) is 13.2 Å². The van der Waals surface area contributed by atoms with Crippen molar-refractivity contribution in [1.82, 2.24) is 4.90 Å². The molecule has 0 saturated heterocycles. The quantitative estimate of drug-likeness (QED) is 0.468. The SMILES string of the molecule is [CH2]CCCN(C(=O)O)C(=O)c1ccc(C2=NOC(c3ccc(Cl)c(Cl)c3)(C(F)(F)F)C2)cc1C. The van der Waals surface area contributed by atoms with E-state index < -0.39 is 30.2 Å². The Balaban J connectivity index is 1.91. The zero-order valence-electron chi connectivity index (χ0n) is 18.0. The number of alkyl halides is 3. The van der Waals surface area contributed by atoms with Crippen LogP contribution in [0.2, 0.25) is 10.0 Å². The summed E-state index contributed by atoms with van der Waals surface area (Å²) in [5.41, 5.74) is -2.20. The number of carbonyl (C=O) groups is 2. The minimum atomic E-state index is -4.82. The molecule has 0 spiro atoms. The summed E-state index contributed by atoms with van der Waals surface area (Å²) >= 11 is 11.8. The number of carboxylic acid groups (broad SMARTS) is 1. The van der Waals surface area contributed by atoms with Crippen molar-refractivity contribution in [2.75, 3.05) is 6.54 Å². The molecule has 0 saturated carbocycles. The third-order valence-electron chi connectivity index (χ3n) is 5.47. The molecule has 0 fully saturated rings. The summed E-state index contributed by atoms with van der Waals surface area (Å²) in [5, 5.41) is 13.1. The van der Waals surface area contributed by atoms with Crippen LogP contribution in [0.3, 0.4) is 0 Å². The Morgan fingerprint density at radius 1 is 1.21 bits per heavy atom. The molecule has 0 aromatic heterocycles. The zero-order chi connectivity index (χ0) is 25.3. The average molecular weight is 516 g/mol. The second kappa shape index (κ2) is 9.84. The number of amides is 2. The van der Waals surface area contributed by atoms with Gasteiger partial charge in [0.2, 0.25) is 0 Å². The van der Waals surface area contributed by atoms with E-state index in [4.69, 9.17) is 28.0 Å². The Morgan fingerprint density at radius 2 is 1.91 bits per heavy atom. The van der Waals surface area contributed by atoms with Gasteiger partial charge in [0.15, 0.2) is 0 Å². The van der Waals surface area contributed by atoms with Gasteiger partial charge >= 0.3 is 12.3 Å². The third kappa shape index (κ3) is 4.86. The minimum Gasteiger partial charge on any atom is -0.465 e. The molecule has 1 aliphatic rings. The lowest BCUT2D eigenvalue weighted by molar-refractivity contribution is -0.275. The van der Waals surface area contributed by atoms with Gasteiger partial charge in [0.1, 0.15) is 0 Å². The number of unbranched alkanes of at least 4 members (excludes halogenated alkanes) is 1. The highest BCUT2D eigenvalue weighted by Crippen LogP contribution is 2.49. The van der Waals surface area contributed by atoms with Crippen molar-refractivity contribution in [3.05, 3.63) is 75.6 Å². The van der Waals surface area contributed by atoms with Crippen LogP contribution < -0.4 is 0 Å². The first-order valence-electron chi connectivity index (χ1n) is 10.1. The largest absolute Gasteiger partial charge is 0.465 e. The van der Waals surface area contributed by atoms with Gasteiger partial charge in [-0.1, -0.05) is 53.8 Å². The van der Waals surface area contributed by atoms with Crippen LogP contribution in [0.1, 0.15) is 46.3 Å². The van der Waals surface area contributed by atoms with Crippen LogP contribution in [0.4, 0.5) is 18.0 Å². The van der Waals surface area contributed by atoms with Crippen molar-refractivity contribution in [2.24, 2.45) is 5.16 Å². The number of halogens is 5. The molecule has 1 radical (unpaired) electrons. The average Bonchev–Trinajstić information content (AvgIpc) is 3.22. The molecule has 2 aromatic carbocycles. The van der Waals surface area contributed by atoms with Crippen LogP contribution in [-0.4, -0.2) is 40.4 Å². The lowest BCUT2D eigenvalue weighted by Gasteiger charge is -2.29. The number of rotatable bonds is 6. The fourth-order valence-corrected chi connectivity index (χ4v) is 3.89. The van der Waals surface area contributed by atoms with Crippen LogP contribution in [0.5, 0.6) is 0 Å². The molecule has 3 rings (SSSR count). The van der Waals surface area contributed by atoms with E-state index >= 15 is 0 Å². The smallest absolute Gasteiger partial charge is 0.435 e. The Morgan fingerprint density at radius 3 is 2.47 bits per heavy atom. The van der Waals surface area contributed by atoms with Crippen LogP contribution in [0, 0.1) is 13.8 Å². The molecular weight excluding hydrogens is 496 g/mol. The summed E-state index contributed by atoms with van der Waals surface area (Å²) in [6, 6.07) is 7.77. The highest BCUT2D eigenvalue weighted by Gasteiger charge is 2.62. The van der Waals surface area contributed by atoms with Gasteiger partial charge in [-0.3, -0.25) is 4.79 Å². The highest BCUT2D eigenvalue weighted by atomic mass is 35.5. The second-order valence-corrected chi connectivity index (χ2v) is 8.55. The maximum atomic E-state index is 14.2. The van der Waals surface area contributed by atoms with E-state index in [1.54, 1.807) is 6.92 Å². The number of hydrogen-bond acceptors (Lipinski definition) is 4. The molecule has 34 heavy (non-hydrogen) atoms. The summed E-state index contributed by atoms with van der Waals surface area (Å²) < 4.78 is 42.5. The van der Waals surface area contributed by atoms with Crippen LogP contribution in [-0.2, 0) is 10.4 Å². The fourth-order valence-electron chi connectivity index (χ4n) is 3.59. The van der Waals surface area contributed by atoms with E-state index in [1.807, 2.05) is 0 Å². The number of carbonyl (C=O) groups excluding carboxylic acids is 1. The van der Waals surface area contributed by atoms with Crippen molar-refractivity contribution < 1.29 is 32.7 Å². The first-order chi connectivity index (χ1) is 15.9. The van der Waals surface area contributed by atoms with E-state index in [0.717, 1.165) is 6.07 Å². The lowest BCUT2D eigenvalue weighted by Crippen LogP contribution is -2.42. The molecule has 2 amide bonds. The molecule has 2 aromatic rings. The van der Waals surface area contributed by atoms with Gasteiger partial charge in [-0.15, -0.1) is 0 Å². The van der Waals surface area contributed by atoms with E-state index in [1.165, 1.54) is 30.3 Å². The molecule has 1 heterocycles. The molecule has 1 aliphatic heterocycles. The summed E-state index contributed by atoms with van der Waals surface area (Å²) in [6.45, 7) is 5.18. The molecule has 1 atom stereocenters. The zero-order valence-corrected chi connectivity index (χ0v) is 19.5. The fraction of sp³-hybridized carbons (Fsp3) is 0.304. The van der Waals surface area contributed by atoms with E-state index in [9.17, 15) is 27.9 Å². The number of benzene rings is 2. The van der Waals surface area contributed by atoms with Gasteiger partial charge in [0, 0.05) is 24.1 Å². The molecule has 181 valence electrons. The van der Waals surface area contributed by atoms with Crippen LogP contribution >= 0.6 is 23.2 Å². The predicted octanol–water partition coefficient (Wildman–Crippen LogP) is 6.62. The monoisotopic (exact) mass is 515 g/mol. The van der Waals surface area contributed by atoms with Gasteiger partial charge < -0.3 is 9.94 Å². The topological polar surface area (TPSA) is 79.2 Å². The Labute approximate surface area is 203 Å². The van der Waals surface area contributed by atoms with Crippen molar-refractivity contribution in [3.63, 3.8) is 0 Å². The standard InChI is InChI=1S/C23H20Cl2F3N2O4/c1-3-4-9-30(21(32)33)20(31)16-7-5-14(10-13(16)2)19-12-22(34-29-19,23(26,27)28)15-6-8-17(24)18(25)11-15/h5-8,10-11H,1,3-4,9,12H2,2H3,(H,32,33). The van der Waals surface area contributed by atoms with Gasteiger partial charge in [0.05, 0.1) is 15.8 Å². The highest BCUT2D eigenvalue weighted by molar-refractivity contribution is 6.42. The first-order valence-corrected chi connectivity index (χ1v) is 10.9. The number of nitrogens with zero attached hydrogens (tertiary/aromatic N) is 2. The number of oxime groups is 1. The Bertz CT molecular complexity index is 1150. The van der Waals surface area contributed by atoms with Gasteiger partial charge in [-0.25, -0.2) is 9.69 Å². The summed E-state index contributed by atoms with van der Waals surface area (Å²) in [7, 11) is 0. The maximum absolute atomic E-state index is 14.2. The first kappa shape index (κ1) is 25.8. The van der Waals surface area contributed by atoms with Gasteiger partial charge in [0.25, 0.3) is 11.5 Å². The van der Waals surface area contributed by atoms with Crippen LogP contribution in [0.15, 0.2) is 41.6 Å². The van der Waals surface area contributed by atoms with Crippen molar-refractivity contribution in [2.45, 2.75) is 38.0 Å². The summed E-state index contributed by atoms with van der Waals surface area (Å²) in [5.74, 6) is -0.727. The number of imide groups is 1. The third-order valence-corrected chi connectivity index (χ3v) is 6.21. The number of aryl methyl sites for hydroxylation is 1. The normalized spacial score (nSPS) is 17.8. The van der Waals surface area contributed by atoms with Crippen molar-refractivity contribution in [3.8, 4) is 0 Å². The predicted molar refractivity (Wildman–Crippen MR) is 121 cm³/mol. The molecule has 0 bridgehead atoms. The Kier molecular flexibility index (Phi) is 7.47. The Hall–Kier alpha value is -2.78. The van der Waals surface area contributed by atoms with E-state index in [2.05, 4.69) is 12.1 Å². The molecule has 1 N–H and O–H groups in total. The minimum absolute atomic E-state index is 0.0117. The molecule has 0 aliphatic carbocycles. The second-order valence-electron chi connectivity index (χ2n) is 7.74. The van der Waals surface area contributed by atoms with Crippen molar-refractivity contribution in [1.29, 1.82) is 0 Å². The molecule has 6 nitrogen and oxygen atoms in total. The van der Waals surface area contributed by atoms with Crippen LogP contribution in [0.25, 0.3) is 0 Å². The van der Waals surface area contributed by atoms with E-state index in [0.29, 0.717) is 28.9 Å². The molecule has 1 unspecified atom stereocenters. The van der Waals surface area contributed by atoms with E-state index in [-0.39, 0.29) is 33.4 Å². The number of hydrogen-bond donors (Lipinski definition) is 1.